The Morgan fingerprint density at radius 3 is 3.05 bits per heavy atom. The van der Waals surface area contributed by atoms with E-state index in [2.05, 4.69) is 10.3 Å². The average Bonchev–Trinajstić information content (AvgIpc) is 2.82. The van der Waals surface area contributed by atoms with Crippen molar-refractivity contribution in [3.05, 3.63) is 17.8 Å². The maximum Gasteiger partial charge on any atom is 0.317 e. The van der Waals surface area contributed by atoms with Crippen molar-refractivity contribution in [2.45, 2.75) is 26.3 Å². The Balaban J connectivity index is 1.84. The van der Waals surface area contributed by atoms with Crippen molar-refractivity contribution in [3.63, 3.8) is 0 Å². The first kappa shape index (κ1) is 13.4. The second-order valence-electron chi connectivity index (χ2n) is 4.65. The number of carbonyl (C=O) groups excluding carboxylic acids is 1. The molecule has 1 fully saturated rings. The van der Waals surface area contributed by atoms with E-state index in [1.807, 2.05) is 0 Å². The second kappa shape index (κ2) is 5.73. The molecule has 2 rings (SSSR count). The van der Waals surface area contributed by atoms with E-state index < -0.39 is 11.9 Å². The highest BCUT2D eigenvalue weighted by Crippen LogP contribution is 2.16. The number of hydrogen-bond donors (Lipinski definition) is 2. The molecule has 0 saturated carbocycles. The zero-order valence-electron chi connectivity index (χ0n) is 10.8. The number of oxazole rings is 1. The molecular weight excluding hydrogens is 250 g/mol. The third-order valence-electron chi connectivity index (χ3n) is 3.12. The Kier molecular flexibility index (Phi) is 4.03. The van der Waals surface area contributed by atoms with Crippen LogP contribution in [0.1, 0.15) is 24.5 Å². The number of aryl methyl sites for hydroxylation is 1. The van der Waals surface area contributed by atoms with Crippen LogP contribution in [0.15, 0.2) is 10.6 Å². The Morgan fingerprint density at radius 1 is 1.63 bits per heavy atom. The number of nitrogens with zero attached hydrogens (tertiary/aromatic N) is 2. The molecule has 19 heavy (non-hydrogen) atoms. The highest BCUT2D eigenvalue weighted by Gasteiger charge is 2.28. The molecule has 2 heterocycles. The van der Waals surface area contributed by atoms with Gasteiger partial charge in [0, 0.05) is 13.1 Å². The quantitative estimate of drug-likeness (QED) is 0.851. The van der Waals surface area contributed by atoms with Crippen molar-refractivity contribution in [2.75, 3.05) is 13.1 Å². The first-order valence-electron chi connectivity index (χ1n) is 6.23. The molecule has 7 heteroatoms. The number of hydrogen-bond acceptors (Lipinski definition) is 4. The van der Waals surface area contributed by atoms with E-state index in [-0.39, 0.29) is 19.1 Å². The lowest BCUT2D eigenvalue weighted by Gasteiger charge is -2.30. The Morgan fingerprint density at radius 2 is 2.42 bits per heavy atom. The number of aromatic nitrogens is 1. The van der Waals surface area contributed by atoms with E-state index >= 15 is 0 Å². The molecular formula is C12H17N3O4. The van der Waals surface area contributed by atoms with Crippen molar-refractivity contribution in [1.29, 1.82) is 0 Å². The van der Waals surface area contributed by atoms with Gasteiger partial charge in [0.05, 0.1) is 18.7 Å². The number of carboxylic acids is 1. The highest BCUT2D eigenvalue weighted by molar-refractivity contribution is 5.76. The van der Waals surface area contributed by atoms with Crippen molar-refractivity contribution in [2.24, 2.45) is 5.92 Å². The molecule has 2 amide bonds. The van der Waals surface area contributed by atoms with E-state index in [1.54, 1.807) is 13.1 Å². The lowest BCUT2D eigenvalue weighted by atomic mass is 9.99. The second-order valence-corrected chi connectivity index (χ2v) is 4.65. The van der Waals surface area contributed by atoms with Crippen LogP contribution in [-0.2, 0) is 11.3 Å². The van der Waals surface area contributed by atoms with Crippen LogP contribution < -0.4 is 5.32 Å². The smallest absolute Gasteiger partial charge is 0.317 e. The summed E-state index contributed by atoms with van der Waals surface area (Å²) in [6.07, 6.45) is 2.92. The van der Waals surface area contributed by atoms with E-state index in [0.717, 1.165) is 0 Å². The van der Waals surface area contributed by atoms with Gasteiger partial charge in [0.2, 0.25) is 5.89 Å². The zero-order chi connectivity index (χ0) is 13.8. The molecule has 0 aliphatic carbocycles. The molecule has 2 N–H and O–H groups in total. The zero-order valence-corrected chi connectivity index (χ0v) is 10.8. The summed E-state index contributed by atoms with van der Waals surface area (Å²) in [4.78, 5) is 28.3. The van der Waals surface area contributed by atoms with E-state index in [4.69, 9.17) is 9.52 Å². The van der Waals surface area contributed by atoms with E-state index in [1.165, 1.54) is 4.90 Å². The minimum atomic E-state index is -0.846. The summed E-state index contributed by atoms with van der Waals surface area (Å²) in [6, 6.07) is -0.276. The molecule has 0 unspecified atom stereocenters. The van der Waals surface area contributed by atoms with Gasteiger partial charge in [-0.1, -0.05) is 0 Å². The third kappa shape index (κ3) is 3.46. The van der Waals surface area contributed by atoms with Crippen LogP contribution in [0.25, 0.3) is 0 Å². The van der Waals surface area contributed by atoms with Crippen LogP contribution in [0.2, 0.25) is 0 Å². The van der Waals surface area contributed by atoms with Gasteiger partial charge < -0.3 is 19.7 Å². The molecule has 1 aromatic rings. The molecule has 104 valence electrons. The van der Waals surface area contributed by atoms with Crippen LogP contribution in [0, 0.1) is 12.8 Å². The number of amides is 2. The maximum absolute atomic E-state index is 11.9. The van der Waals surface area contributed by atoms with Gasteiger partial charge in [-0.25, -0.2) is 9.78 Å². The molecule has 0 spiro atoms. The van der Waals surface area contributed by atoms with Gasteiger partial charge in [0.1, 0.15) is 5.76 Å². The summed E-state index contributed by atoms with van der Waals surface area (Å²) in [7, 11) is 0. The van der Waals surface area contributed by atoms with E-state index in [9.17, 15) is 9.59 Å². The predicted octanol–water partition coefficient (Wildman–Crippen LogP) is 0.989. The van der Waals surface area contributed by atoms with Gasteiger partial charge in [0.25, 0.3) is 0 Å². The van der Waals surface area contributed by atoms with Crippen LogP contribution in [0.3, 0.4) is 0 Å². The van der Waals surface area contributed by atoms with Crippen molar-refractivity contribution >= 4 is 12.0 Å². The van der Waals surface area contributed by atoms with Gasteiger partial charge in [0.15, 0.2) is 0 Å². The number of rotatable bonds is 3. The van der Waals surface area contributed by atoms with Crippen molar-refractivity contribution in [1.82, 2.24) is 15.2 Å². The average molecular weight is 267 g/mol. The van der Waals surface area contributed by atoms with Gasteiger partial charge in [-0.05, 0) is 19.8 Å². The Labute approximate surface area is 110 Å². The predicted molar refractivity (Wildman–Crippen MR) is 65.4 cm³/mol. The molecule has 1 aromatic heterocycles. The number of aliphatic carboxylic acids is 1. The van der Waals surface area contributed by atoms with Gasteiger partial charge in [-0.2, -0.15) is 0 Å². The fraction of sp³-hybridized carbons (Fsp3) is 0.583. The highest BCUT2D eigenvalue weighted by atomic mass is 16.4. The molecule has 0 radical (unpaired) electrons. The van der Waals surface area contributed by atoms with Gasteiger partial charge in [-0.3, -0.25) is 4.79 Å². The molecule has 7 nitrogen and oxygen atoms in total. The maximum atomic E-state index is 11.9. The number of carbonyl (C=O) groups is 2. The molecule has 1 aliphatic rings. The summed E-state index contributed by atoms with van der Waals surface area (Å²) in [5.41, 5.74) is 0. The normalized spacial score (nSPS) is 19.2. The van der Waals surface area contributed by atoms with Crippen LogP contribution in [-0.4, -0.2) is 40.1 Å². The number of nitrogens with one attached hydrogen (secondary N) is 1. The number of piperidine rings is 1. The summed E-state index contributed by atoms with van der Waals surface area (Å²) in [5, 5.41) is 11.6. The molecule has 1 saturated heterocycles. The van der Waals surface area contributed by atoms with Crippen molar-refractivity contribution in [3.8, 4) is 0 Å². The Hall–Kier alpha value is -2.05. The molecule has 1 aliphatic heterocycles. The fourth-order valence-corrected chi connectivity index (χ4v) is 2.11. The number of urea groups is 1. The lowest BCUT2D eigenvalue weighted by molar-refractivity contribution is -0.143. The third-order valence-corrected chi connectivity index (χ3v) is 3.12. The minimum Gasteiger partial charge on any atom is -0.481 e. The first-order chi connectivity index (χ1) is 9.06. The fourth-order valence-electron chi connectivity index (χ4n) is 2.11. The largest absolute Gasteiger partial charge is 0.481 e. The summed E-state index contributed by atoms with van der Waals surface area (Å²) >= 11 is 0. The van der Waals surface area contributed by atoms with Crippen LogP contribution in [0.5, 0.6) is 0 Å². The van der Waals surface area contributed by atoms with Gasteiger partial charge in [-0.15, -0.1) is 0 Å². The molecule has 0 aromatic carbocycles. The summed E-state index contributed by atoms with van der Waals surface area (Å²) in [5.74, 6) is -0.185. The minimum absolute atomic E-state index is 0.209. The number of likely N-dealkylation sites (tertiary alicyclic amines) is 1. The lowest BCUT2D eigenvalue weighted by Crippen LogP contribution is -2.46. The van der Waals surface area contributed by atoms with E-state index in [0.29, 0.717) is 31.0 Å². The topological polar surface area (TPSA) is 95.7 Å². The summed E-state index contributed by atoms with van der Waals surface area (Å²) in [6.45, 7) is 2.83. The SMILES string of the molecule is Cc1cnc(CNC(=O)N2CCC[C@H](C(=O)O)C2)o1. The van der Waals surface area contributed by atoms with Gasteiger partial charge >= 0.3 is 12.0 Å². The molecule has 1 atom stereocenters. The summed E-state index contributed by atoms with van der Waals surface area (Å²) < 4.78 is 5.24. The van der Waals surface area contributed by atoms with Crippen LogP contribution in [0.4, 0.5) is 4.79 Å². The first-order valence-corrected chi connectivity index (χ1v) is 6.23. The monoisotopic (exact) mass is 267 g/mol. The van der Waals surface area contributed by atoms with Crippen LogP contribution >= 0.6 is 0 Å². The Bertz CT molecular complexity index is 471. The number of carboxylic acid groups (broad SMARTS) is 1. The standard InChI is InChI=1S/C12H17N3O4/c1-8-5-13-10(19-8)6-14-12(18)15-4-2-3-9(7-15)11(16)17/h5,9H,2-4,6-7H2,1H3,(H,14,18)(H,16,17)/t9-/m0/s1. The molecule has 0 bridgehead atoms. The van der Waals surface area contributed by atoms with Crippen molar-refractivity contribution < 1.29 is 19.1 Å².